The van der Waals surface area contributed by atoms with Gasteiger partial charge in [0.15, 0.2) is 0 Å². The fraction of sp³-hybridized carbons (Fsp3) is 0.115. The number of hydrogen-bond donors (Lipinski definition) is 2. The largest absolute Gasteiger partial charge is 0.435 e. The van der Waals surface area contributed by atoms with Gasteiger partial charge in [-0.1, -0.05) is 60.1 Å². The van der Waals surface area contributed by atoms with Crippen molar-refractivity contribution in [3.63, 3.8) is 0 Å². The first-order valence-electron chi connectivity index (χ1n) is 10.3. The zero-order chi connectivity index (χ0) is 23.2. The molecular weight excluding hydrogens is 446 g/mol. The fourth-order valence-corrected chi connectivity index (χ4v) is 3.99. The van der Waals surface area contributed by atoms with Crippen molar-refractivity contribution in [1.29, 1.82) is 0 Å². The van der Waals surface area contributed by atoms with Gasteiger partial charge >= 0.3 is 6.61 Å². The van der Waals surface area contributed by atoms with E-state index in [-0.39, 0.29) is 17.6 Å². The Hall–Kier alpha value is -3.64. The molecule has 0 radical (unpaired) electrons. The summed E-state index contributed by atoms with van der Waals surface area (Å²) in [6.45, 7) is -2.53. The monoisotopic (exact) mass is 466 g/mol. The molecule has 0 bridgehead atoms. The summed E-state index contributed by atoms with van der Waals surface area (Å²) in [4.78, 5) is 15.8. The molecule has 168 valence electrons. The number of hydrogen-bond acceptors (Lipinski definition) is 2. The number of alkyl halides is 2. The quantitative estimate of drug-likeness (QED) is 0.296. The van der Waals surface area contributed by atoms with E-state index in [1.165, 1.54) is 18.2 Å². The third-order valence-electron chi connectivity index (χ3n) is 5.29. The molecule has 0 aliphatic heterocycles. The molecule has 0 aliphatic rings. The highest BCUT2D eigenvalue weighted by molar-refractivity contribution is 6.31. The number of carbonyl (C=O) groups excluding carboxylic acids is 1. The van der Waals surface area contributed by atoms with Crippen LogP contribution >= 0.6 is 11.6 Å². The van der Waals surface area contributed by atoms with Crippen molar-refractivity contribution in [2.75, 3.05) is 6.54 Å². The number of rotatable bonds is 8. The minimum atomic E-state index is -2.87. The van der Waals surface area contributed by atoms with Crippen LogP contribution in [0, 0.1) is 0 Å². The van der Waals surface area contributed by atoms with E-state index in [1.807, 2.05) is 54.7 Å². The number of aromatic amines is 1. The topological polar surface area (TPSA) is 54.1 Å². The van der Waals surface area contributed by atoms with Gasteiger partial charge in [-0.05, 0) is 47.0 Å². The molecule has 0 saturated heterocycles. The average Bonchev–Trinajstić information content (AvgIpc) is 3.23. The number of benzene rings is 3. The van der Waals surface area contributed by atoms with Gasteiger partial charge in [-0.2, -0.15) is 8.78 Å². The van der Waals surface area contributed by atoms with Crippen LogP contribution in [0.1, 0.15) is 22.6 Å². The van der Waals surface area contributed by atoms with Crippen LogP contribution in [0.2, 0.25) is 5.02 Å². The van der Waals surface area contributed by atoms with Crippen molar-refractivity contribution in [3.05, 3.63) is 107 Å². The fourth-order valence-electron chi connectivity index (χ4n) is 3.72. The molecule has 0 spiro atoms. The summed E-state index contributed by atoms with van der Waals surface area (Å²) in [6, 6.07) is 21.6. The van der Waals surface area contributed by atoms with E-state index in [4.69, 9.17) is 11.6 Å². The van der Waals surface area contributed by atoms with Crippen molar-refractivity contribution in [3.8, 4) is 5.75 Å². The standard InChI is InChI=1S/C26H21ClF2N2O2/c27-23-7-3-1-5-19(23)21(22-15-30-24-8-4-2-6-20(22)24)16-31-25(32)14-11-17-9-12-18(13-10-17)33-26(28)29/h1-15,21,26,30H,16H2,(H,31,32)/b14-11+. The second-order valence-electron chi connectivity index (χ2n) is 7.39. The van der Waals surface area contributed by atoms with Crippen LogP contribution in [-0.2, 0) is 4.79 Å². The Morgan fingerprint density at radius 3 is 2.48 bits per heavy atom. The van der Waals surface area contributed by atoms with Crippen LogP contribution in [-0.4, -0.2) is 24.0 Å². The van der Waals surface area contributed by atoms with Gasteiger partial charge in [0.1, 0.15) is 5.75 Å². The molecule has 2 N–H and O–H groups in total. The van der Waals surface area contributed by atoms with Crippen molar-refractivity contribution in [1.82, 2.24) is 10.3 Å². The molecule has 33 heavy (non-hydrogen) atoms. The maximum Gasteiger partial charge on any atom is 0.387 e. The van der Waals surface area contributed by atoms with Crippen molar-refractivity contribution >= 4 is 34.5 Å². The van der Waals surface area contributed by atoms with E-state index in [2.05, 4.69) is 15.0 Å². The van der Waals surface area contributed by atoms with Crippen LogP contribution in [0.5, 0.6) is 5.75 Å². The van der Waals surface area contributed by atoms with Crippen molar-refractivity contribution in [2.24, 2.45) is 0 Å². The van der Waals surface area contributed by atoms with Gasteiger partial charge in [0.2, 0.25) is 5.91 Å². The first kappa shape index (κ1) is 22.6. The zero-order valence-corrected chi connectivity index (χ0v) is 18.2. The number of carbonyl (C=O) groups is 1. The molecule has 1 heterocycles. The highest BCUT2D eigenvalue weighted by atomic mass is 35.5. The SMILES string of the molecule is O=C(/C=C/c1ccc(OC(F)F)cc1)NCC(c1ccccc1Cl)c1c[nH]c2ccccc12. The Bertz CT molecular complexity index is 1270. The Balaban J connectivity index is 1.50. The molecule has 4 rings (SSSR count). The van der Waals surface area contributed by atoms with Gasteiger partial charge in [-0.25, -0.2) is 0 Å². The summed E-state index contributed by atoms with van der Waals surface area (Å²) >= 11 is 6.49. The smallest absolute Gasteiger partial charge is 0.387 e. The zero-order valence-electron chi connectivity index (χ0n) is 17.5. The summed E-state index contributed by atoms with van der Waals surface area (Å²) in [5.41, 5.74) is 3.65. The highest BCUT2D eigenvalue weighted by Crippen LogP contribution is 2.34. The molecule has 4 nitrogen and oxygen atoms in total. The van der Waals surface area contributed by atoms with Gasteiger partial charge in [0.05, 0.1) is 0 Å². The van der Waals surface area contributed by atoms with E-state index in [1.54, 1.807) is 18.2 Å². The third kappa shape index (κ3) is 5.59. The first-order valence-corrected chi connectivity index (χ1v) is 10.7. The number of amides is 1. The van der Waals surface area contributed by atoms with Crippen LogP contribution in [0.3, 0.4) is 0 Å². The van der Waals surface area contributed by atoms with E-state index >= 15 is 0 Å². The van der Waals surface area contributed by atoms with Gasteiger partial charge < -0.3 is 15.0 Å². The third-order valence-corrected chi connectivity index (χ3v) is 5.63. The number of nitrogens with one attached hydrogen (secondary N) is 2. The molecule has 1 unspecified atom stereocenters. The number of fused-ring (bicyclic) bond motifs is 1. The maximum atomic E-state index is 12.5. The molecule has 1 atom stereocenters. The molecule has 0 fully saturated rings. The van der Waals surface area contributed by atoms with E-state index in [0.717, 1.165) is 22.0 Å². The predicted octanol–water partition coefficient (Wildman–Crippen LogP) is 6.38. The second kappa shape index (κ2) is 10.3. The summed E-state index contributed by atoms with van der Waals surface area (Å²) in [6.07, 6.45) is 4.96. The average molecular weight is 467 g/mol. The number of aromatic nitrogens is 1. The lowest BCUT2D eigenvalue weighted by Gasteiger charge is -2.19. The molecule has 1 aromatic heterocycles. The van der Waals surface area contributed by atoms with Gasteiger partial charge in [0.25, 0.3) is 0 Å². The molecule has 4 aromatic rings. The summed E-state index contributed by atoms with van der Waals surface area (Å²) in [5.74, 6) is -0.370. The molecule has 3 aromatic carbocycles. The minimum Gasteiger partial charge on any atom is -0.435 e. The lowest BCUT2D eigenvalue weighted by Crippen LogP contribution is -2.27. The summed E-state index contributed by atoms with van der Waals surface area (Å²) < 4.78 is 28.8. The maximum absolute atomic E-state index is 12.5. The number of halogens is 3. The molecule has 1 amide bonds. The Morgan fingerprint density at radius 1 is 1.00 bits per heavy atom. The Morgan fingerprint density at radius 2 is 1.73 bits per heavy atom. The molecule has 0 saturated carbocycles. The van der Waals surface area contributed by atoms with E-state index < -0.39 is 6.61 Å². The minimum absolute atomic E-state index is 0.0629. The Kier molecular flexibility index (Phi) is 7.05. The Labute approximate surface area is 194 Å². The van der Waals surface area contributed by atoms with Gasteiger partial charge in [0, 0.05) is 40.7 Å². The first-order chi connectivity index (χ1) is 16.0. The van der Waals surface area contributed by atoms with Crippen molar-refractivity contribution in [2.45, 2.75) is 12.5 Å². The van der Waals surface area contributed by atoms with Crippen LogP contribution in [0.15, 0.2) is 85.1 Å². The predicted molar refractivity (Wildman–Crippen MR) is 127 cm³/mol. The lowest BCUT2D eigenvalue weighted by atomic mass is 9.90. The number of para-hydroxylation sites is 1. The van der Waals surface area contributed by atoms with Crippen molar-refractivity contribution < 1.29 is 18.3 Å². The lowest BCUT2D eigenvalue weighted by molar-refractivity contribution is -0.116. The molecule has 0 aliphatic carbocycles. The summed E-state index contributed by atoms with van der Waals surface area (Å²) in [5, 5.41) is 4.64. The highest BCUT2D eigenvalue weighted by Gasteiger charge is 2.20. The molecular formula is C26H21ClF2N2O2. The van der Waals surface area contributed by atoms with Gasteiger partial charge in [-0.3, -0.25) is 4.79 Å². The number of ether oxygens (including phenoxy) is 1. The van der Waals surface area contributed by atoms with E-state index in [0.29, 0.717) is 17.1 Å². The number of H-pyrrole nitrogens is 1. The molecule has 7 heteroatoms. The van der Waals surface area contributed by atoms with E-state index in [9.17, 15) is 13.6 Å². The van der Waals surface area contributed by atoms with Crippen LogP contribution in [0.4, 0.5) is 8.78 Å². The second-order valence-corrected chi connectivity index (χ2v) is 7.80. The summed E-state index contributed by atoms with van der Waals surface area (Å²) in [7, 11) is 0. The normalized spacial score (nSPS) is 12.4. The van der Waals surface area contributed by atoms with Gasteiger partial charge in [-0.15, -0.1) is 0 Å². The van der Waals surface area contributed by atoms with Crippen LogP contribution in [0.25, 0.3) is 17.0 Å². The van der Waals surface area contributed by atoms with Crippen LogP contribution < -0.4 is 10.1 Å².